The fourth-order valence-corrected chi connectivity index (χ4v) is 5.16. The van der Waals surface area contributed by atoms with E-state index in [0.717, 1.165) is 5.56 Å². The molecule has 2 heterocycles. The van der Waals surface area contributed by atoms with Gasteiger partial charge in [0.2, 0.25) is 10.0 Å². The van der Waals surface area contributed by atoms with Gasteiger partial charge in [-0.3, -0.25) is 9.79 Å². The fourth-order valence-electron chi connectivity index (χ4n) is 3.72. The van der Waals surface area contributed by atoms with Gasteiger partial charge in [0.25, 0.3) is 5.91 Å². The number of aliphatic imine (C=N–C) groups is 1. The molecule has 1 fully saturated rings. The van der Waals surface area contributed by atoms with E-state index in [0.29, 0.717) is 43.0 Å². The van der Waals surface area contributed by atoms with E-state index in [-0.39, 0.29) is 10.8 Å². The summed E-state index contributed by atoms with van der Waals surface area (Å²) in [5, 5.41) is 2.97. The van der Waals surface area contributed by atoms with Gasteiger partial charge in [-0.1, -0.05) is 29.8 Å². The topological polar surface area (TPSA) is 88.1 Å². The Bertz CT molecular complexity index is 1070. The number of amides is 1. The van der Waals surface area contributed by atoms with Gasteiger partial charge in [0, 0.05) is 31.5 Å². The number of hydrogen-bond acceptors (Lipinski definition) is 5. The molecule has 1 spiro atoms. The van der Waals surface area contributed by atoms with E-state index < -0.39 is 15.7 Å². The minimum absolute atomic E-state index is 0.243. The first kappa shape index (κ1) is 19.6. The van der Waals surface area contributed by atoms with Crippen molar-refractivity contribution >= 4 is 21.6 Å². The van der Waals surface area contributed by atoms with Gasteiger partial charge in [-0.25, -0.2) is 8.42 Å². The lowest BCUT2D eigenvalue weighted by Crippen LogP contribution is -2.52. The van der Waals surface area contributed by atoms with Crippen molar-refractivity contribution in [2.75, 3.05) is 20.2 Å². The first-order valence-corrected chi connectivity index (χ1v) is 10.9. The average Bonchev–Trinajstić information content (AvgIpc) is 3.04. The molecule has 1 N–H and O–H groups in total. The van der Waals surface area contributed by atoms with Crippen LogP contribution < -0.4 is 10.1 Å². The lowest BCUT2D eigenvalue weighted by atomic mass is 10.00. The summed E-state index contributed by atoms with van der Waals surface area (Å²) in [5.74, 6) is 0.408. The van der Waals surface area contributed by atoms with Crippen molar-refractivity contribution in [1.82, 2.24) is 9.62 Å². The zero-order chi connectivity index (χ0) is 20.6. The lowest BCUT2D eigenvalue weighted by Gasteiger charge is -2.36. The van der Waals surface area contributed by atoms with Gasteiger partial charge in [-0.05, 0) is 31.2 Å². The molecule has 7 nitrogen and oxygen atoms in total. The van der Waals surface area contributed by atoms with Crippen molar-refractivity contribution in [3.8, 4) is 5.75 Å². The average molecular weight is 413 g/mol. The number of nitrogens with one attached hydrogen (secondary N) is 1. The fraction of sp³-hybridized carbons (Fsp3) is 0.333. The summed E-state index contributed by atoms with van der Waals surface area (Å²) in [7, 11) is -1.99. The molecule has 2 aliphatic heterocycles. The maximum absolute atomic E-state index is 12.9. The third kappa shape index (κ3) is 3.65. The predicted octanol–water partition coefficient (Wildman–Crippen LogP) is 2.10. The van der Waals surface area contributed by atoms with Crippen LogP contribution >= 0.6 is 0 Å². The maximum Gasteiger partial charge on any atom is 0.272 e. The number of hydrogen-bond donors (Lipinski definition) is 1. The highest BCUT2D eigenvalue weighted by molar-refractivity contribution is 7.89. The number of ether oxygens (including phenoxy) is 1. The van der Waals surface area contributed by atoms with Crippen molar-refractivity contribution in [3.05, 3.63) is 59.7 Å². The molecule has 2 aromatic carbocycles. The Morgan fingerprint density at radius 2 is 1.79 bits per heavy atom. The largest absolute Gasteiger partial charge is 0.497 e. The number of methoxy groups -OCH3 is 1. The summed E-state index contributed by atoms with van der Waals surface area (Å²) in [6, 6.07) is 14.1. The van der Waals surface area contributed by atoms with E-state index in [1.807, 2.05) is 19.1 Å². The number of rotatable bonds is 4. The molecule has 152 valence electrons. The first-order chi connectivity index (χ1) is 13.8. The number of carbonyl (C=O) groups is 1. The molecular formula is C21H23N3O4S. The van der Waals surface area contributed by atoms with Crippen molar-refractivity contribution in [1.29, 1.82) is 0 Å². The van der Waals surface area contributed by atoms with E-state index in [1.54, 1.807) is 43.5 Å². The molecule has 4 rings (SSSR count). The number of aryl methyl sites for hydroxylation is 1. The van der Waals surface area contributed by atoms with Gasteiger partial charge >= 0.3 is 0 Å². The quantitative estimate of drug-likeness (QED) is 0.832. The third-order valence-corrected chi connectivity index (χ3v) is 7.35. The van der Waals surface area contributed by atoms with Crippen LogP contribution in [0.3, 0.4) is 0 Å². The van der Waals surface area contributed by atoms with Gasteiger partial charge < -0.3 is 10.1 Å². The van der Waals surface area contributed by atoms with E-state index >= 15 is 0 Å². The standard InChI is InChI=1S/C21H23N3O4S/c1-15-6-8-18(9-7-15)29(26,27)24-12-10-21(11-13-24)22-19(20(25)23-21)16-4-3-5-17(14-16)28-2/h3-9,14H,10-13H2,1-2H3,(H,23,25). The molecule has 8 heteroatoms. The Morgan fingerprint density at radius 1 is 1.10 bits per heavy atom. The Kier molecular flexibility index (Phi) is 4.92. The van der Waals surface area contributed by atoms with E-state index in [1.165, 1.54) is 4.31 Å². The van der Waals surface area contributed by atoms with Gasteiger partial charge in [0.15, 0.2) is 0 Å². The predicted molar refractivity (Wildman–Crippen MR) is 110 cm³/mol. The van der Waals surface area contributed by atoms with Crippen LogP contribution in [0.4, 0.5) is 0 Å². The molecule has 1 saturated heterocycles. The van der Waals surface area contributed by atoms with Crippen LogP contribution in [-0.4, -0.2) is 50.2 Å². The zero-order valence-corrected chi connectivity index (χ0v) is 17.2. The summed E-state index contributed by atoms with van der Waals surface area (Å²) >= 11 is 0. The molecule has 0 aromatic heterocycles. The maximum atomic E-state index is 12.9. The summed E-state index contributed by atoms with van der Waals surface area (Å²) in [5.41, 5.74) is 1.30. The number of nitrogens with zero attached hydrogens (tertiary/aromatic N) is 2. The van der Waals surface area contributed by atoms with Crippen LogP contribution in [0.1, 0.15) is 24.0 Å². The van der Waals surface area contributed by atoms with Crippen LogP contribution in [0, 0.1) is 6.92 Å². The molecule has 0 atom stereocenters. The first-order valence-electron chi connectivity index (χ1n) is 9.47. The summed E-state index contributed by atoms with van der Waals surface area (Å²) in [6.45, 7) is 2.51. The Balaban J connectivity index is 1.53. The molecule has 2 aromatic rings. The minimum atomic E-state index is -3.56. The van der Waals surface area contributed by atoms with Gasteiger partial charge in [0.1, 0.15) is 17.1 Å². The highest BCUT2D eigenvalue weighted by Gasteiger charge is 2.44. The summed E-state index contributed by atoms with van der Waals surface area (Å²) in [4.78, 5) is 17.5. The minimum Gasteiger partial charge on any atom is -0.497 e. The SMILES string of the molecule is COc1cccc(C2=NC3(CCN(S(=O)(=O)c4ccc(C)cc4)CC3)NC2=O)c1. The summed E-state index contributed by atoms with van der Waals surface area (Å²) in [6.07, 6.45) is 0.856. The molecule has 0 saturated carbocycles. The molecule has 29 heavy (non-hydrogen) atoms. The van der Waals surface area contributed by atoms with Gasteiger partial charge in [0.05, 0.1) is 12.0 Å². The van der Waals surface area contributed by atoms with Crippen molar-refractivity contribution in [2.45, 2.75) is 30.3 Å². The molecule has 1 amide bonds. The van der Waals surface area contributed by atoms with Crippen molar-refractivity contribution in [3.63, 3.8) is 0 Å². The Hall–Kier alpha value is -2.71. The van der Waals surface area contributed by atoms with Crippen LogP contribution in [0.25, 0.3) is 0 Å². The van der Waals surface area contributed by atoms with E-state index in [2.05, 4.69) is 10.3 Å². The second-order valence-corrected chi connectivity index (χ2v) is 9.33. The van der Waals surface area contributed by atoms with E-state index in [4.69, 9.17) is 4.74 Å². The van der Waals surface area contributed by atoms with E-state index in [9.17, 15) is 13.2 Å². The molecule has 0 radical (unpaired) electrons. The van der Waals surface area contributed by atoms with Crippen LogP contribution in [0.5, 0.6) is 5.75 Å². The third-order valence-electron chi connectivity index (χ3n) is 5.44. The second kappa shape index (κ2) is 7.27. The van der Waals surface area contributed by atoms with Crippen LogP contribution in [-0.2, 0) is 14.8 Å². The zero-order valence-electron chi connectivity index (χ0n) is 16.4. The highest BCUT2D eigenvalue weighted by atomic mass is 32.2. The van der Waals surface area contributed by atoms with Crippen LogP contribution in [0.15, 0.2) is 58.4 Å². The van der Waals surface area contributed by atoms with Gasteiger partial charge in [-0.15, -0.1) is 0 Å². The molecule has 2 aliphatic rings. The smallest absolute Gasteiger partial charge is 0.272 e. The molecule has 0 unspecified atom stereocenters. The number of sulfonamides is 1. The van der Waals surface area contributed by atoms with Crippen molar-refractivity contribution in [2.24, 2.45) is 4.99 Å². The second-order valence-electron chi connectivity index (χ2n) is 7.40. The number of piperidine rings is 1. The number of carbonyl (C=O) groups excluding carboxylic acids is 1. The molecule has 0 bridgehead atoms. The lowest BCUT2D eigenvalue weighted by molar-refractivity contribution is -0.115. The molecular weight excluding hydrogens is 390 g/mol. The Morgan fingerprint density at radius 3 is 2.45 bits per heavy atom. The highest BCUT2D eigenvalue weighted by Crippen LogP contribution is 2.31. The number of benzene rings is 2. The monoisotopic (exact) mass is 413 g/mol. The van der Waals surface area contributed by atoms with Crippen LogP contribution in [0.2, 0.25) is 0 Å². The normalized spacial score (nSPS) is 19.1. The summed E-state index contributed by atoms with van der Waals surface area (Å²) < 4.78 is 32.5. The van der Waals surface area contributed by atoms with Crippen molar-refractivity contribution < 1.29 is 17.9 Å². The Labute approximate surface area is 170 Å². The van der Waals surface area contributed by atoms with Gasteiger partial charge in [-0.2, -0.15) is 4.31 Å². The molecule has 0 aliphatic carbocycles.